The monoisotopic (exact) mass is 301 g/mol. The second-order valence-electron chi connectivity index (χ2n) is 5.14. The Kier molecular flexibility index (Phi) is 4.62. The molecule has 1 saturated heterocycles. The molecule has 7 heteroatoms. The van der Waals surface area contributed by atoms with Crippen LogP contribution in [0, 0.1) is 18.7 Å². The lowest BCUT2D eigenvalue weighted by Gasteiger charge is -2.31. The minimum Gasteiger partial charge on any atom is -0.330 e. The number of para-hydroxylation sites is 1. The first-order valence-electron chi connectivity index (χ1n) is 6.67. The lowest BCUT2D eigenvalue weighted by atomic mass is 10.0. The zero-order valence-electron chi connectivity index (χ0n) is 11.5. The van der Waals surface area contributed by atoms with E-state index in [-0.39, 0.29) is 11.6 Å². The van der Waals surface area contributed by atoms with E-state index in [0.29, 0.717) is 25.2 Å². The molecule has 1 heterocycles. The fourth-order valence-corrected chi connectivity index (χ4v) is 3.81. The smallest absolute Gasteiger partial charge is 0.301 e. The van der Waals surface area contributed by atoms with Gasteiger partial charge in [0.15, 0.2) is 0 Å². The first-order valence-corrected chi connectivity index (χ1v) is 8.11. The van der Waals surface area contributed by atoms with Crippen molar-refractivity contribution in [2.75, 3.05) is 24.4 Å². The number of nitrogens with two attached hydrogens (primary N) is 1. The van der Waals surface area contributed by atoms with E-state index in [0.717, 1.165) is 12.8 Å². The fourth-order valence-electron chi connectivity index (χ4n) is 2.39. The summed E-state index contributed by atoms with van der Waals surface area (Å²) in [5.41, 5.74) is 6.18. The van der Waals surface area contributed by atoms with E-state index in [1.165, 1.54) is 10.4 Å². The molecule has 0 saturated carbocycles. The number of piperidine rings is 1. The van der Waals surface area contributed by atoms with E-state index in [9.17, 15) is 12.8 Å². The Morgan fingerprint density at radius 3 is 2.90 bits per heavy atom. The number of anilines is 1. The van der Waals surface area contributed by atoms with Crippen LogP contribution in [0.1, 0.15) is 18.4 Å². The molecule has 0 aromatic heterocycles. The molecule has 1 fully saturated rings. The molecule has 112 valence electrons. The Balaban J connectivity index is 2.19. The average Bonchev–Trinajstić information content (AvgIpc) is 2.43. The highest BCUT2D eigenvalue weighted by atomic mass is 32.2. The molecule has 1 aromatic rings. The Morgan fingerprint density at radius 1 is 1.50 bits per heavy atom. The van der Waals surface area contributed by atoms with Crippen molar-refractivity contribution in [1.29, 1.82) is 0 Å². The standard InChI is InChI=1S/C13H20FN3O2S/c1-10-4-2-6-12(14)13(10)16-20(18,19)17-7-3-5-11(8-15)9-17/h2,4,6,11,16H,3,5,7-9,15H2,1H3. The molecule has 0 bridgehead atoms. The summed E-state index contributed by atoms with van der Waals surface area (Å²) in [6, 6.07) is 4.46. The van der Waals surface area contributed by atoms with Crippen LogP contribution < -0.4 is 10.5 Å². The zero-order valence-corrected chi connectivity index (χ0v) is 12.3. The van der Waals surface area contributed by atoms with E-state index in [2.05, 4.69) is 4.72 Å². The second kappa shape index (κ2) is 6.07. The zero-order chi connectivity index (χ0) is 14.8. The van der Waals surface area contributed by atoms with Crippen LogP contribution >= 0.6 is 0 Å². The number of aryl methyl sites for hydroxylation is 1. The van der Waals surface area contributed by atoms with E-state index in [1.54, 1.807) is 19.1 Å². The molecular weight excluding hydrogens is 281 g/mol. The van der Waals surface area contributed by atoms with Crippen LogP contribution in [0.25, 0.3) is 0 Å². The van der Waals surface area contributed by atoms with Gasteiger partial charge in [-0.05, 0) is 43.9 Å². The predicted octanol–water partition coefficient (Wildman–Crippen LogP) is 1.46. The highest BCUT2D eigenvalue weighted by Gasteiger charge is 2.29. The third kappa shape index (κ3) is 3.28. The molecule has 5 nitrogen and oxygen atoms in total. The van der Waals surface area contributed by atoms with Crippen LogP contribution in [0.4, 0.5) is 10.1 Å². The maximum absolute atomic E-state index is 13.7. The SMILES string of the molecule is Cc1cccc(F)c1NS(=O)(=O)N1CCCC(CN)C1. The van der Waals surface area contributed by atoms with Gasteiger partial charge in [-0.1, -0.05) is 12.1 Å². The summed E-state index contributed by atoms with van der Waals surface area (Å²) in [5, 5.41) is 0. The largest absolute Gasteiger partial charge is 0.330 e. The molecule has 3 N–H and O–H groups in total. The van der Waals surface area contributed by atoms with Gasteiger partial charge in [-0.15, -0.1) is 0 Å². The Hall–Kier alpha value is -1.18. The molecule has 20 heavy (non-hydrogen) atoms. The minimum absolute atomic E-state index is 0.0161. The van der Waals surface area contributed by atoms with Crippen LogP contribution in [-0.2, 0) is 10.2 Å². The van der Waals surface area contributed by atoms with Gasteiger partial charge in [0.05, 0.1) is 5.69 Å². The van der Waals surface area contributed by atoms with Gasteiger partial charge in [-0.3, -0.25) is 4.72 Å². The number of nitrogens with one attached hydrogen (secondary N) is 1. The van der Waals surface area contributed by atoms with Crippen molar-refractivity contribution in [2.45, 2.75) is 19.8 Å². The van der Waals surface area contributed by atoms with Crippen LogP contribution in [0.5, 0.6) is 0 Å². The van der Waals surface area contributed by atoms with Gasteiger partial charge in [0.25, 0.3) is 0 Å². The summed E-state index contributed by atoms with van der Waals surface area (Å²) in [7, 11) is -3.74. The third-order valence-corrected chi connectivity index (χ3v) is 5.08. The molecule has 0 spiro atoms. The van der Waals surface area contributed by atoms with Crippen molar-refractivity contribution in [1.82, 2.24) is 4.31 Å². The molecule has 0 aliphatic carbocycles. The molecule has 1 aromatic carbocycles. The summed E-state index contributed by atoms with van der Waals surface area (Å²) in [4.78, 5) is 0. The van der Waals surface area contributed by atoms with Crippen LogP contribution in [0.15, 0.2) is 18.2 Å². The van der Waals surface area contributed by atoms with Crippen LogP contribution in [0.2, 0.25) is 0 Å². The van der Waals surface area contributed by atoms with Gasteiger partial charge in [0, 0.05) is 13.1 Å². The van der Waals surface area contributed by atoms with Gasteiger partial charge >= 0.3 is 10.2 Å². The molecule has 1 aliphatic heterocycles. The second-order valence-corrected chi connectivity index (χ2v) is 6.81. The summed E-state index contributed by atoms with van der Waals surface area (Å²) in [6.07, 6.45) is 1.71. The van der Waals surface area contributed by atoms with Crippen molar-refractivity contribution in [2.24, 2.45) is 11.7 Å². The number of rotatable bonds is 4. The molecule has 0 radical (unpaired) electrons. The van der Waals surface area contributed by atoms with Gasteiger partial charge < -0.3 is 5.73 Å². The van der Waals surface area contributed by atoms with Crippen molar-refractivity contribution < 1.29 is 12.8 Å². The number of nitrogens with zero attached hydrogens (tertiary/aromatic N) is 1. The third-order valence-electron chi connectivity index (χ3n) is 3.61. The van der Waals surface area contributed by atoms with Gasteiger partial charge in [0.1, 0.15) is 5.82 Å². The Morgan fingerprint density at radius 2 is 2.25 bits per heavy atom. The minimum atomic E-state index is -3.74. The summed E-state index contributed by atoms with van der Waals surface area (Å²) < 4.78 is 42.1. The van der Waals surface area contributed by atoms with E-state index in [4.69, 9.17) is 5.73 Å². The Bertz CT molecular complexity index is 557. The van der Waals surface area contributed by atoms with Crippen molar-refractivity contribution in [3.05, 3.63) is 29.6 Å². The van der Waals surface area contributed by atoms with E-state index in [1.807, 2.05) is 0 Å². The lowest BCUT2D eigenvalue weighted by Crippen LogP contribution is -2.44. The van der Waals surface area contributed by atoms with Crippen LogP contribution in [-0.4, -0.2) is 32.4 Å². The van der Waals surface area contributed by atoms with Gasteiger partial charge in [-0.25, -0.2) is 4.39 Å². The summed E-state index contributed by atoms with van der Waals surface area (Å²) in [5.74, 6) is -0.400. The molecule has 1 atom stereocenters. The average molecular weight is 301 g/mol. The Labute approximate surface area is 119 Å². The number of hydrogen-bond donors (Lipinski definition) is 2. The molecule has 1 unspecified atom stereocenters. The summed E-state index contributed by atoms with van der Waals surface area (Å²) in [6.45, 7) is 2.96. The molecule has 2 rings (SSSR count). The maximum Gasteiger partial charge on any atom is 0.301 e. The molecule has 0 amide bonds. The summed E-state index contributed by atoms with van der Waals surface area (Å²) >= 11 is 0. The highest BCUT2D eigenvalue weighted by molar-refractivity contribution is 7.90. The lowest BCUT2D eigenvalue weighted by molar-refractivity contribution is 0.272. The van der Waals surface area contributed by atoms with E-state index >= 15 is 0 Å². The normalized spacial score (nSPS) is 20.9. The number of halogens is 1. The van der Waals surface area contributed by atoms with Crippen molar-refractivity contribution in [3.63, 3.8) is 0 Å². The topological polar surface area (TPSA) is 75.4 Å². The van der Waals surface area contributed by atoms with Crippen molar-refractivity contribution in [3.8, 4) is 0 Å². The fraction of sp³-hybridized carbons (Fsp3) is 0.538. The first-order chi connectivity index (χ1) is 9.44. The van der Waals surface area contributed by atoms with Gasteiger partial charge in [0.2, 0.25) is 0 Å². The van der Waals surface area contributed by atoms with Gasteiger partial charge in [-0.2, -0.15) is 12.7 Å². The van der Waals surface area contributed by atoms with Crippen LogP contribution in [0.3, 0.4) is 0 Å². The first kappa shape index (κ1) is 15.2. The number of hydrogen-bond acceptors (Lipinski definition) is 3. The quantitative estimate of drug-likeness (QED) is 0.884. The van der Waals surface area contributed by atoms with Crippen molar-refractivity contribution >= 4 is 15.9 Å². The molecule has 1 aliphatic rings. The number of benzene rings is 1. The molecular formula is C13H20FN3O2S. The predicted molar refractivity (Wildman–Crippen MR) is 77.0 cm³/mol. The highest BCUT2D eigenvalue weighted by Crippen LogP contribution is 2.23. The van der Waals surface area contributed by atoms with E-state index < -0.39 is 16.0 Å². The maximum atomic E-state index is 13.7.